The molecule has 3 N–H and O–H groups in total. The number of nitrogen functional groups attached to an aromatic ring is 1. The van der Waals surface area contributed by atoms with Crippen molar-refractivity contribution < 1.29 is 19.1 Å². The number of hydrogen-bond acceptors (Lipinski definition) is 6. The molecule has 8 heteroatoms. The van der Waals surface area contributed by atoms with Crippen molar-refractivity contribution in [1.29, 1.82) is 0 Å². The van der Waals surface area contributed by atoms with Crippen LogP contribution in [0.4, 0.5) is 5.82 Å². The molecule has 156 valence electrons. The summed E-state index contributed by atoms with van der Waals surface area (Å²) in [7, 11) is 0. The summed E-state index contributed by atoms with van der Waals surface area (Å²) in [4.78, 5) is 48.8. The van der Waals surface area contributed by atoms with E-state index in [0.29, 0.717) is 11.3 Å². The average Bonchev–Trinajstić information content (AvgIpc) is 3.01. The number of nitrogens with one attached hydrogen (secondary N) is 1. The van der Waals surface area contributed by atoms with Gasteiger partial charge in [-0.25, -0.2) is 4.79 Å². The molecule has 4 rings (SSSR count). The third kappa shape index (κ3) is 3.59. The van der Waals surface area contributed by atoms with E-state index >= 15 is 0 Å². The maximum atomic E-state index is 12.7. The highest BCUT2D eigenvalue weighted by atomic mass is 16.5. The van der Waals surface area contributed by atoms with Crippen molar-refractivity contribution in [1.82, 2.24) is 9.88 Å². The highest BCUT2D eigenvalue weighted by molar-refractivity contribution is 6.23. The molecule has 0 spiro atoms. The Balaban J connectivity index is 1.79. The van der Waals surface area contributed by atoms with Crippen molar-refractivity contribution in [3.8, 4) is 16.8 Å². The van der Waals surface area contributed by atoms with Crippen LogP contribution in [0, 0.1) is 0 Å². The molecule has 8 nitrogen and oxygen atoms in total. The fourth-order valence-electron chi connectivity index (χ4n) is 3.48. The number of carbonyl (C=O) groups is 3. The third-order valence-electron chi connectivity index (χ3n) is 4.83. The molecule has 1 aromatic heterocycles. The van der Waals surface area contributed by atoms with Crippen LogP contribution in [0.5, 0.6) is 0 Å². The van der Waals surface area contributed by atoms with Crippen LogP contribution in [0.25, 0.3) is 16.8 Å². The van der Waals surface area contributed by atoms with Crippen LogP contribution in [0.15, 0.2) is 59.4 Å². The van der Waals surface area contributed by atoms with Crippen LogP contribution < -0.4 is 16.6 Å². The Hall–Kier alpha value is -4.20. The lowest BCUT2D eigenvalue weighted by atomic mass is 10.0. The lowest BCUT2D eigenvalue weighted by molar-refractivity contribution is 0.0377. The average molecular weight is 417 g/mol. The number of fused-ring (bicyclic) bond motifs is 1. The zero-order chi connectivity index (χ0) is 22.3. The van der Waals surface area contributed by atoms with Crippen LogP contribution >= 0.6 is 0 Å². The van der Waals surface area contributed by atoms with Gasteiger partial charge in [0.15, 0.2) is 0 Å². The summed E-state index contributed by atoms with van der Waals surface area (Å²) in [6.07, 6.45) is -0.238. The molecule has 31 heavy (non-hydrogen) atoms. The number of rotatable bonds is 4. The summed E-state index contributed by atoms with van der Waals surface area (Å²) in [5.41, 5.74) is 7.81. The van der Waals surface area contributed by atoms with Crippen molar-refractivity contribution >= 4 is 23.6 Å². The predicted octanol–water partition coefficient (Wildman–Crippen LogP) is 2.54. The van der Waals surface area contributed by atoms with E-state index in [1.807, 2.05) is 12.1 Å². The number of pyridine rings is 1. The molecular formula is C23H19N3O5. The zero-order valence-electron chi connectivity index (χ0n) is 16.8. The molecule has 0 fully saturated rings. The molecule has 0 aliphatic carbocycles. The van der Waals surface area contributed by atoms with Gasteiger partial charge < -0.3 is 10.5 Å². The van der Waals surface area contributed by atoms with Gasteiger partial charge in [0.25, 0.3) is 17.4 Å². The Labute approximate surface area is 177 Å². The molecule has 1 aliphatic heterocycles. The van der Waals surface area contributed by atoms with Crippen LogP contribution in [0.2, 0.25) is 0 Å². The van der Waals surface area contributed by atoms with E-state index in [9.17, 15) is 19.2 Å². The maximum Gasteiger partial charge on any atom is 0.338 e. The molecule has 2 heterocycles. The molecule has 0 unspecified atom stereocenters. The van der Waals surface area contributed by atoms with Gasteiger partial charge in [-0.15, -0.1) is 0 Å². The monoisotopic (exact) mass is 417 g/mol. The number of hydrogen-bond donors (Lipinski definition) is 2. The van der Waals surface area contributed by atoms with Gasteiger partial charge in [0.1, 0.15) is 5.82 Å². The first-order valence-corrected chi connectivity index (χ1v) is 9.59. The lowest BCUT2D eigenvalue weighted by Crippen LogP contribution is -2.24. The van der Waals surface area contributed by atoms with Gasteiger partial charge in [-0.2, -0.15) is 0 Å². The number of imide groups is 1. The smallest absolute Gasteiger partial charge is 0.338 e. The molecule has 0 saturated heterocycles. The van der Waals surface area contributed by atoms with Crippen molar-refractivity contribution in [2.75, 3.05) is 5.73 Å². The second-order valence-electron chi connectivity index (χ2n) is 7.36. The summed E-state index contributed by atoms with van der Waals surface area (Å²) in [6.45, 7) is 3.55. The molecule has 0 radical (unpaired) electrons. The number of amides is 2. The maximum absolute atomic E-state index is 12.7. The van der Waals surface area contributed by atoms with Gasteiger partial charge in [0.05, 0.1) is 28.5 Å². The molecule has 1 aliphatic rings. The quantitative estimate of drug-likeness (QED) is 0.497. The fraction of sp³-hybridized carbons (Fsp3) is 0.130. The number of benzene rings is 2. The van der Waals surface area contributed by atoms with E-state index < -0.39 is 23.3 Å². The van der Waals surface area contributed by atoms with Gasteiger partial charge in [0.2, 0.25) is 0 Å². The topological polar surface area (TPSA) is 120 Å². The van der Waals surface area contributed by atoms with Crippen molar-refractivity contribution in [2.24, 2.45) is 0 Å². The Morgan fingerprint density at radius 1 is 0.968 bits per heavy atom. The first-order chi connectivity index (χ1) is 14.8. The minimum atomic E-state index is -0.644. The van der Waals surface area contributed by atoms with Crippen LogP contribution in [-0.4, -0.2) is 28.5 Å². The zero-order valence-corrected chi connectivity index (χ0v) is 16.8. The second kappa shape index (κ2) is 7.56. The van der Waals surface area contributed by atoms with Crippen molar-refractivity contribution in [3.63, 3.8) is 0 Å². The summed E-state index contributed by atoms with van der Waals surface area (Å²) in [5, 5.41) is 2.14. The van der Waals surface area contributed by atoms with E-state index in [-0.39, 0.29) is 23.0 Å². The van der Waals surface area contributed by atoms with E-state index in [1.54, 1.807) is 50.2 Å². The minimum Gasteiger partial charge on any atom is -0.459 e. The largest absolute Gasteiger partial charge is 0.459 e. The van der Waals surface area contributed by atoms with E-state index in [2.05, 4.69) is 5.32 Å². The van der Waals surface area contributed by atoms with Crippen LogP contribution in [0.1, 0.15) is 44.9 Å². The standard InChI is InChI=1S/C23H19N3O5/c1-12(2)31-23(30)15-7-3-5-13(9-15)14-6-4-8-16(10-14)26-18(27)11-17-19(20(26)24)22(29)25-21(17)28/h3-12H,24H2,1-2H3,(H,25,28,29). The summed E-state index contributed by atoms with van der Waals surface area (Å²) < 4.78 is 6.42. The molecule has 2 amide bonds. The Morgan fingerprint density at radius 3 is 2.35 bits per heavy atom. The Bertz CT molecular complexity index is 1310. The lowest BCUT2D eigenvalue weighted by Gasteiger charge is -2.13. The molecule has 3 aromatic rings. The second-order valence-corrected chi connectivity index (χ2v) is 7.36. The predicted molar refractivity (Wildman–Crippen MR) is 114 cm³/mol. The number of aromatic nitrogens is 1. The highest BCUT2D eigenvalue weighted by Crippen LogP contribution is 2.26. The molecule has 0 bridgehead atoms. The Morgan fingerprint density at radius 2 is 1.65 bits per heavy atom. The van der Waals surface area contributed by atoms with Crippen molar-refractivity contribution in [3.05, 3.63) is 81.6 Å². The van der Waals surface area contributed by atoms with Crippen molar-refractivity contribution in [2.45, 2.75) is 20.0 Å². The fourth-order valence-corrected chi connectivity index (χ4v) is 3.48. The number of carbonyl (C=O) groups excluding carboxylic acids is 3. The molecule has 0 atom stereocenters. The van der Waals surface area contributed by atoms with E-state index in [0.717, 1.165) is 17.2 Å². The molecular weight excluding hydrogens is 398 g/mol. The number of nitrogens with zero attached hydrogens (tertiary/aromatic N) is 1. The van der Waals surface area contributed by atoms with Gasteiger partial charge in [-0.05, 0) is 49.2 Å². The number of ether oxygens (including phenoxy) is 1. The minimum absolute atomic E-state index is 0.0200. The van der Waals surface area contributed by atoms with Gasteiger partial charge in [0, 0.05) is 6.07 Å². The Kier molecular flexibility index (Phi) is 4.90. The molecule has 0 saturated carbocycles. The van der Waals surface area contributed by atoms with Crippen LogP contribution in [0.3, 0.4) is 0 Å². The summed E-state index contributed by atoms with van der Waals surface area (Å²) >= 11 is 0. The van der Waals surface area contributed by atoms with Gasteiger partial charge >= 0.3 is 5.97 Å². The molecule has 2 aromatic carbocycles. The van der Waals surface area contributed by atoms with E-state index in [4.69, 9.17) is 10.5 Å². The highest BCUT2D eigenvalue weighted by Gasteiger charge is 2.31. The van der Waals surface area contributed by atoms with Gasteiger partial charge in [-0.3, -0.25) is 24.3 Å². The SMILES string of the molecule is CC(C)OC(=O)c1cccc(-c2cccc(-n3c(N)c4c(cc3=O)C(=O)NC4=O)c2)c1. The first-order valence-electron chi connectivity index (χ1n) is 9.59. The van der Waals surface area contributed by atoms with E-state index in [1.165, 1.54) is 4.57 Å². The number of anilines is 1. The number of esters is 1. The summed E-state index contributed by atoms with van der Waals surface area (Å²) in [6, 6.07) is 15.0. The first kappa shape index (κ1) is 20.1. The number of nitrogens with two attached hydrogens (primary N) is 1. The normalized spacial score (nSPS) is 12.6. The summed E-state index contributed by atoms with van der Waals surface area (Å²) in [5.74, 6) is -1.83. The third-order valence-corrected chi connectivity index (χ3v) is 4.83. The van der Waals surface area contributed by atoms with Crippen LogP contribution in [-0.2, 0) is 4.74 Å². The van der Waals surface area contributed by atoms with Gasteiger partial charge in [-0.1, -0.05) is 24.3 Å².